The Morgan fingerprint density at radius 3 is 2.39 bits per heavy atom. The lowest BCUT2D eigenvalue weighted by atomic mass is 10.1. The van der Waals surface area contributed by atoms with Gasteiger partial charge < -0.3 is 10.2 Å². The summed E-state index contributed by atoms with van der Waals surface area (Å²) in [7, 11) is -3.62. The maximum Gasteiger partial charge on any atom is 0.240 e. The lowest BCUT2D eigenvalue weighted by Gasteiger charge is -2.10. The van der Waals surface area contributed by atoms with E-state index in [4.69, 9.17) is 10.2 Å². The van der Waals surface area contributed by atoms with Crippen molar-refractivity contribution in [3.05, 3.63) is 29.8 Å². The maximum atomic E-state index is 11.8. The van der Waals surface area contributed by atoms with Crippen molar-refractivity contribution in [2.45, 2.75) is 30.8 Å². The normalized spacial score (nSPS) is 13.5. The number of nitrogens with one attached hydrogen (secondary N) is 1. The summed E-state index contributed by atoms with van der Waals surface area (Å²) in [5, 5.41) is 17.7. The van der Waals surface area contributed by atoms with E-state index < -0.39 is 22.7 Å². The summed E-state index contributed by atoms with van der Waals surface area (Å²) in [5.41, 5.74) is 1.09. The van der Waals surface area contributed by atoms with Crippen LogP contribution in [-0.2, 0) is 16.4 Å². The van der Waals surface area contributed by atoms with Crippen LogP contribution in [0.25, 0.3) is 0 Å². The fourth-order valence-corrected chi connectivity index (χ4v) is 2.55. The lowest BCUT2D eigenvalue weighted by molar-refractivity contribution is 0.0988. The predicted molar refractivity (Wildman–Crippen MR) is 68.7 cm³/mol. The smallest absolute Gasteiger partial charge is 0.240 e. The molecule has 0 spiro atoms. The molecule has 0 saturated heterocycles. The van der Waals surface area contributed by atoms with Gasteiger partial charge in [0.15, 0.2) is 0 Å². The quantitative estimate of drug-likeness (QED) is 0.665. The van der Waals surface area contributed by atoms with E-state index in [9.17, 15) is 8.42 Å². The zero-order valence-electron chi connectivity index (χ0n) is 10.3. The summed E-state index contributed by atoms with van der Waals surface area (Å²) in [5.74, 6) is 0. The first-order valence-corrected chi connectivity index (χ1v) is 7.35. The van der Waals surface area contributed by atoms with Gasteiger partial charge in [0.05, 0.1) is 17.6 Å². The van der Waals surface area contributed by atoms with E-state index in [0.29, 0.717) is 0 Å². The predicted octanol–water partition coefficient (Wildman–Crippen LogP) is 0.271. The molecule has 0 aliphatic rings. The van der Waals surface area contributed by atoms with Gasteiger partial charge in [-0.3, -0.25) is 0 Å². The Kier molecular flexibility index (Phi) is 5.74. The van der Waals surface area contributed by atoms with Gasteiger partial charge in [0.1, 0.15) is 0 Å². The van der Waals surface area contributed by atoms with Gasteiger partial charge in [-0.1, -0.05) is 25.5 Å². The molecule has 102 valence electrons. The number of hydrogen-bond acceptors (Lipinski definition) is 4. The van der Waals surface area contributed by atoms with E-state index >= 15 is 0 Å². The van der Waals surface area contributed by atoms with Crippen molar-refractivity contribution < 1.29 is 18.6 Å². The highest BCUT2D eigenvalue weighted by molar-refractivity contribution is 7.89. The number of aliphatic hydroxyl groups excluding tert-OH is 2. The van der Waals surface area contributed by atoms with Gasteiger partial charge in [-0.25, -0.2) is 13.1 Å². The van der Waals surface area contributed by atoms with Crippen LogP contribution in [0.15, 0.2) is 29.2 Å². The standard InChI is InChI=1S/C12H19NO4S/c1-2-3-10-4-6-12(7-5-10)18(16,17)13-8-11(15)9-14/h4-7,11,13-15H,2-3,8-9H2,1H3. The van der Waals surface area contributed by atoms with Crippen LogP contribution in [0, 0.1) is 0 Å². The SMILES string of the molecule is CCCc1ccc(S(=O)(=O)NCC(O)CO)cc1. The maximum absolute atomic E-state index is 11.8. The highest BCUT2D eigenvalue weighted by Gasteiger charge is 2.15. The Balaban J connectivity index is 2.72. The van der Waals surface area contributed by atoms with Crippen molar-refractivity contribution in [2.75, 3.05) is 13.2 Å². The molecule has 0 saturated carbocycles. The topological polar surface area (TPSA) is 86.6 Å². The molecule has 0 aromatic heterocycles. The van der Waals surface area contributed by atoms with Gasteiger partial charge in [0.2, 0.25) is 10.0 Å². The monoisotopic (exact) mass is 273 g/mol. The summed E-state index contributed by atoms with van der Waals surface area (Å²) in [6.07, 6.45) is 0.837. The molecule has 6 heteroatoms. The highest BCUT2D eigenvalue weighted by Crippen LogP contribution is 2.11. The average molecular weight is 273 g/mol. The molecule has 3 N–H and O–H groups in total. The second kappa shape index (κ2) is 6.84. The van der Waals surface area contributed by atoms with Crippen molar-refractivity contribution in [3.8, 4) is 0 Å². The molecular formula is C12H19NO4S. The first kappa shape index (κ1) is 15.1. The molecule has 18 heavy (non-hydrogen) atoms. The first-order chi connectivity index (χ1) is 8.49. The van der Waals surface area contributed by atoms with E-state index in [1.165, 1.54) is 0 Å². The number of hydrogen-bond donors (Lipinski definition) is 3. The van der Waals surface area contributed by atoms with Crippen molar-refractivity contribution in [1.82, 2.24) is 4.72 Å². The molecule has 0 radical (unpaired) electrons. The number of aryl methyl sites for hydroxylation is 1. The fourth-order valence-electron chi connectivity index (χ4n) is 1.48. The highest BCUT2D eigenvalue weighted by atomic mass is 32.2. The van der Waals surface area contributed by atoms with Crippen LogP contribution >= 0.6 is 0 Å². The Labute approximate surface area is 108 Å². The third-order valence-corrected chi connectivity index (χ3v) is 3.93. The third kappa shape index (κ3) is 4.38. The molecule has 1 rings (SSSR count). The van der Waals surface area contributed by atoms with Crippen molar-refractivity contribution >= 4 is 10.0 Å². The molecule has 5 nitrogen and oxygen atoms in total. The minimum atomic E-state index is -3.62. The Morgan fingerprint density at radius 1 is 1.28 bits per heavy atom. The second-order valence-electron chi connectivity index (χ2n) is 4.08. The molecule has 1 unspecified atom stereocenters. The lowest BCUT2D eigenvalue weighted by Crippen LogP contribution is -2.33. The summed E-state index contributed by atoms with van der Waals surface area (Å²) < 4.78 is 25.9. The summed E-state index contributed by atoms with van der Waals surface area (Å²) >= 11 is 0. The van der Waals surface area contributed by atoms with Crippen LogP contribution in [0.5, 0.6) is 0 Å². The average Bonchev–Trinajstić information content (AvgIpc) is 2.37. The van der Waals surface area contributed by atoms with Gasteiger partial charge in [-0.05, 0) is 24.1 Å². The zero-order valence-corrected chi connectivity index (χ0v) is 11.2. The number of aliphatic hydroxyl groups is 2. The Hall–Kier alpha value is -0.950. The minimum absolute atomic E-state index is 0.160. The Bertz CT molecular complexity index is 455. The molecule has 0 aliphatic carbocycles. The second-order valence-corrected chi connectivity index (χ2v) is 5.85. The van der Waals surface area contributed by atoms with Gasteiger partial charge in [-0.2, -0.15) is 0 Å². The zero-order chi connectivity index (χ0) is 13.6. The fraction of sp³-hybridized carbons (Fsp3) is 0.500. The van der Waals surface area contributed by atoms with E-state index in [2.05, 4.69) is 11.6 Å². The minimum Gasteiger partial charge on any atom is -0.394 e. The molecule has 1 atom stereocenters. The van der Waals surface area contributed by atoms with E-state index in [1.54, 1.807) is 24.3 Å². The molecular weight excluding hydrogens is 254 g/mol. The molecule has 0 aliphatic heterocycles. The molecule has 0 amide bonds. The van der Waals surface area contributed by atoms with Crippen LogP contribution in [0.1, 0.15) is 18.9 Å². The summed E-state index contributed by atoms with van der Waals surface area (Å²) in [4.78, 5) is 0.160. The molecule has 1 aromatic rings. The summed E-state index contributed by atoms with van der Waals surface area (Å²) in [6, 6.07) is 6.64. The molecule has 1 aromatic carbocycles. The number of rotatable bonds is 7. The van der Waals surface area contributed by atoms with E-state index in [-0.39, 0.29) is 11.4 Å². The van der Waals surface area contributed by atoms with Gasteiger partial charge in [0, 0.05) is 6.54 Å². The third-order valence-electron chi connectivity index (χ3n) is 2.49. The van der Waals surface area contributed by atoms with Gasteiger partial charge in [-0.15, -0.1) is 0 Å². The summed E-state index contributed by atoms with van der Waals surface area (Å²) in [6.45, 7) is 1.38. The van der Waals surface area contributed by atoms with Crippen LogP contribution in [-0.4, -0.2) is 37.9 Å². The van der Waals surface area contributed by atoms with Crippen LogP contribution in [0.4, 0.5) is 0 Å². The van der Waals surface area contributed by atoms with E-state index in [0.717, 1.165) is 18.4 Å². The van der Waals surface area contributed by atoms with E-state index in [1.807, 2.05) is 0 Å². The van der Waals surface area contributed by atoms with Crippen LogP contribution in [0.2, 0.25) is 0 Å². The number of benzene rings is 1. The van der Waals surface area contributed by atoms with Crippen molar-refractivity contribution in [1.29, 1.82) is 0 Å². The molecule has 0 bridgehead atoms. The van der Waals surface area contributed by atoms with Crippen molar-refractivity contribution in [3.63, 3.8) is 0 Å². The Morgan fingerprint density at radius 2 is 1.89 bits per heavy atom. The van der Waals surface area contributed by atoms with Gasteiger partial charge in [0.25, 0.3) is 0 Å². The van der Waals surface area contributed by atoms with Crippen LogP contribution < -0.4 is 4.72 Å². The first-order valence-electron chi connectivity index (χ1n) is 5.87. The van der Waals surface area contributed by atoms with Gasteiger partial charge >= 0.3 is 0 Å². The largest absolute Gasteiger partial charge is 0.394 e. The van der Waals surface area contributed by atoms with Crippen molar-refractivity contribution in [2.24, 2.45) is 0 Å². The molecule has 0 heterocycles. The van der Waals surface area contributed by atoms with Crippen LogP contribution in [0.3, 0.4) is 0 Å². The molecule has 0 fully saturated rings. The number of sulfonamides is 1.